The molecule has 0 spiro atoms. The summed E-state index contributed by atoms with van der Waals surface area (Å²) in [5.41, 5.74) is -0.121. The van der Waals surface area contributed by atoms with Crippen LogP contribution in [0.5, 0.6) is 0 Å². The number of carbonyl (C=O) groups is 1. The van der Waals surface area contributed by atoms with Crippen molar-refractivity contribution >= 4 is 17.3 Å². The van der Waals surface area contributed by atoms with Crippen molar-refractivity contribution in [1.82, 2.24) is 0 Å². The van der Waals surface area contributed by atoms with Crippen LogP contribution in [-0.4, -0.2) is 29.8 Å². The van der Waals surface area contributed by atoms with Gasteiger partial charge in [0.1, 0.15) is 12.4 Å². The molecule has 1 aliphatic rings. The van der Waals surface area contributed by atoms with Crippen LogP contribution in [0.3, 0.4) is 0 Å². The van der Waals surface area contributed by atoms with Crippen LogP contribution in [0.2, 0.25) is 0 Å². The number of carbonyl (C=O) groups excluding carboxylic acids is 1. The third-order valence-electron chi connectivity index (χ3n) is 3.20. The number of benzene rings is 1. The van der Waals surface area contributed by atoms with Crippen molar-refractivity contribution in [2.45, 2.75) is 32.2 Å². The fraction of sp³-hybridized carbons (Fsp3) is 0.462. The Morgan fingerprint density at radius 1 is 1.38 bits per heavy atom. The van der Waals surface area contributed by atoms with Gasteiger partial charge in [-0.1, -0.05) is 0 Å². The lowest BCUT2D eigenvalue weighted by molar-refractivity contribution is -0.123. The third kappa shape index (κ3) is 3.10. The number of hydrogen-bond donors (Lipinski definition) is 2. The fourth-order valence-corrected chi connectivity index (χ4v) is 2.21. The Morgan fingerprint density at radius 3 is 2.52 bits per heavy atom. The summed E-state index contributed by atoms with van der Waals surface area (Å²) in [6, 6.07) is 1.41. The molecule has 0 aliphatic carbocycles. The molecule has 1 amide bonds. The van der Waals surface area contributed by atoms with Gasteiger partial charge in [0, 0.05) is 17.3 Å². The average Bonchev–Trinajstić information content (AvgIpc) is 2.61. The largest absolute Gasteiger partial charge is 0.405 e. The summed E-state index contributed by atoms with van der Waals surface area (Å²) in [7, 11) is 0. The van der Waals surface area contributed by atoms with Gasteiger partial charge >= 0.3 is 6.18 Å². The van der Waals surface area contributed by atoms with E-state index in [1.54, 1.807) is 0 Å². The first-order valence-electron chi connectivity index (χ1n) is 6.26. The monoisotopic (exact) mass is 306 g/mol. The third-order valence-corrected chi connectivity index (χ3v) is 3.20. The Hall–Kier alpha value is -1.83. The molecule has 2 N–H and O–H groups in total. The van der Waals surface area contributed by atoms with Gasteiger partial charge in [0.25, 0.3) is 5.91 Å². The summed E-state index contributed by atoms with van der Waals surface area (Å²) in [6.45, 7) is 1.70. The summed E-state index contributed by atoms with van der Waals surface area (Å²) in [5, 5.41) is 11.8. The van der Waals surface area contributed by atoms with Gasteiger partial charge in [-0.15, -0.1) is 0 Å². The zero-order chi connectivity index (χ0) is 15.9. The first-order valence-corrected chi connectivity index (χ1v) is 6.26. The van der Waals surface area contributed by atoms with E-state index in [0.717, 1.165) is 17.0 Å². The summed E-state index contributed by atoms with van der Waals surface area (Å²) in [5.74, 6) is -1.64. The van der Waals surface area contributed by atoms with E-state index in [0.29, 0.717) is 0 Å². The second-order valence-corrected chi connectivity index (χ2v) is 5.12. The zero-order valence-electron chi connectivity index (χ0n) is 11.3. The molecule has 4 nitrogen and oxygen atoms in total. The maximum Gasteiger partial charge on any atom is 0.405 e. The summed E-state index contributed by atoms with van der Waals surface area (Å²) < 4.78 is 51.9. The number of aliphatic hydroxyl groups excluding tert-OH is 1. The number of halogens is 4. The number of fused-ring (bicyclic) bond motifs is 1. The quantitative estimate of drug-likeness (QED) is 0.844. The van der Waals surface area contributed by atoms with Crippen LogP contribution < -0.4 is 10.2 Å². The van der Waals surface area contributed by atoms with E-state index >= 15 is 0 Å². The maximum absolute atomic E-state index is 14.1. The lowest BCUT2D eigenvalue weighted by atomic mass is 10.1. The van der Waals surface area contributed by atoms with Gasteiger partial charge in [0.15, 0.2) is 6.10 Å². The minimum atomic E-state index is -4.49. The van der Waals surface area contributed by atoms with Gasteiger partial charge in [-0.2, -0.15) is 13.2 Å². The van der Waals surface area contributed by atoms with E-state index in [1.807, 2.05) is 0 Å². The highest BCUT2D eigenvalue weighted by Crippen LogP contribution is 2.37. The highest BCUT2D eigenvalue weighted by molar-refractivity contribution is 6.02. The molecule has 8 heteroatoms. The van der Waals surface area contributed by atoms with Crippen LogP contribution >= 0.6 is 0 Å². The molecule has 0 saturated carbocycles. The molecule has 1 aromatic carbocycles. The molecule has 0 saturated heterocycles. The molecule has 1 aliphatic heterocycles. The number of aliphatic hydroxyl groups is 1. The van der Waals surface area contributed by atoms with Crippen LogP contribution in [0.15, 0.2) is 12.1 Å². The van der Waals surface area contributed by atoms with Crippen molar-refractivity contribution in [3.05, 3.63) is 23.5 Å². The molecule has 0 bridgehead atoms. The molecule has 0 radical (unpaired) electrons. The van der Waals surface area contributed by atoms with Crippen LogP contribution in [0.25, 0.3) is 0 Å². The van der Waals surface area contributed by atoms with E-state index in [4.69, 9.17) is 0 Å². The molecule has 1 aromatic rings. The first-order chi connectivity index (χ1) is 9.60. The lowest BCUT2D eigenvalue weighted by Gasteiger charge is -2.30. The minimum absolute atomic E-state index is 0.0250. The molecule has 2 rings (SSSR count). The number of anilines is 2. The summed E-state index contributed by atoms with van der Waals surface area (Å²) in [6.07, 6.45) is -5.99. The van der Waals surface area contributed by atoms with Crippen molar-refractivity contribution in [1.29, 1.82) is 0 Å². The second kappa shape index (κ2) is 5.18. The Kier molecular flexibility index (Phi) is 3.83. The molecule has 116 valence electrons. The van der Waals surface area contributed by atoms with Crippen molar-refractivity contribution in [3.63, 3.8) is 0 Å². The molecular formula is C13H14F4N2O2. The average molecular weight is 306 g/mol. The van der Waals surface area contributed by atoms with Gasteiger partial charge in [-0.25, -0.2) is 4.39 Å². The maximum atomic E-state index is 14.1. The Morgan fingerprint density at radius 2 is 2.00 bits per heavy atom. The topological polar surface area (TPSA) is 52.6 Å². The minimum Gasteiger partial charge on any atom is -0.378 e. The second-order valence-electron chi connectivity index (χ2n) is 5.12. The SMILES string of the molecule is CC(C)N(CC(F)(F)F)c1cc2c(cc1F)C(O)C(=O)N2. The van der Waals surface area contributed by atoms with Crippen LogP contribution in [0.1, 0.15) is 25.5 Å². The number of nitrogens with zero attached hydrogens (tertiary/aromatic N) is 1. The number of alkyl halides is 3. The van der Waals surface area contributed by atoms with Crippen molar-refractivity contribution in [2.75, 3.05) is 16.8 Å². The smallest absolute Gasteiger partial charge is 0.378 e. The molecule has 21 heavy (non-hydrogen) atoms. The van der Waals surface area contributed by atoms with Crippen molar-refractivity contribution in [2.24, 2.45) is 0 Å². The highest BCUT2D eigenvalue weighted by atomic mass is 19.4. The van der Waals surface area contributed by atoms with Gasteiger partial charge in [-0.3, -0.25) is 4.79 Å². The van der Waals surface area contributed by atoms with E-state index in [1.165, 1.54) is 13.8 Å². The van der Waals surface area contributed by atoms with Gasteiger partial charge in [0.2, 0.25) is 0 Å². The lowest BCUT2D eigenvalue weighted by Crippen LogP contribution is -2.39. The Bertz CT molecular complexity index is 572. The van der Waals surface area contributed by atoms with E-state index in [9.17, 15) is 27.5 Å². The number of hydrogen-bond acceptors (Lipinski definition) is 3. The van der Waals surface area contributed by atoms with Gasteiger partial charge in [-0.05, 0) is 26.0 Å². The molecule has 1 heterocycles. The molecule has 0 aromatic heterocycles. The predicted octanol–water partition coefficient (Wildman–Crippen LogP) is 2.59. The molecule has 1 atom stereocenters. The van der Waals surface area contributed by atoms with Gasteiger partial charge in [0.05, 0.1) is 5.69 Å². The van der Waals surface area contributed by atoms with Crippen molar-refractivity contribution in [3.8, 4) is 0 Å². The normalized spacial score (nSPS) is 17.9. The van der Waals surface area contributed by atoms with Crippen LogP contribution in [0, 0.1) is 5.82 Å². The zero-order valence-corrected chi connectivity index (χ0v) is 11.3. The summed E-state index contributed by atoms with van der Waals surface area (Å²) in [4.78, 5) is 12.2. The predicted molar refractivity (Wildman–Crippen MR) is 68.5 cm³/mol. The van der Waals surface area contributed by atoms with Crippen LogP contribution in [-0.2, 0) is 4.79 Å². The fourth-order valence-electron chi connectivity index (χ4n) is 2.21. The molecular weight excluding hydrogens is 292 g/mol. The number of rotatable bonds is 3. The highest BCUT2D eigenvalue weighted by Gasteiger charge is 2.35. The Balaban J connectivity index is 2.44. The standard InChI is InChI=1S/C13H14F4N2O2/c1-6(2)19(5-13(15,16)17)10-4-9-7(3-8(10)14)11(20)12(21)18-9/h3-4,6,11,20H,5H2,1-2H3,(H,18,21). The van der Waals surface area contributed by atoms with E-state index in [2.05, 4.69) is 5.32 Å². The molecule has 1 unspecified atom stereocenters. The molecule has 0 fully saturated rings. The van der Waals surface area contributed by atoms with E-state index < -0.39 is 36.6 Å². The summed E-state index contributed by atoms with van der Waals surface area (Å²) >= 11 is 0. The van der Waals surface area contributed by atoms with Crippen molar-refractivity contribution < 1.29 is 27.5 Å². The van der Waals surface area contributed by atoms with Crippen LogP contribution in [0.4, 0.5) is 28.9 Å². The number of nitrogens with one attached hydrogen (secondary N) is 1. The van der Waals surface area contributed by atoms with E-state index in [-0.39, 0.29) is 16.9 Å². The number of amides is 1. The van der Waals surface area contributed by atoms with Gasteiger partial charge < -0.3 is 15.3 Å². The Labute approximate surface area is 118 Å². The first kappa shape index (κ1) is 15.6.